The molecule has 88 valence electrons. The summed E-state index contributed by atoms with van der Waals surface area (Å²) in [6.45, 7) is 5.02. The minimum atomic E-state index is 0.382. The molecule has 5 heteroatoms. The molecule has 1 atom stereocenters. The highest BCUT2D eigenvalue weighted by Crippen LogP contribution is 2.26. The summed E-state index contributed by atoms with van der Waals surface area (Å²) in [5, 5.41) is 7.84. The highest BCUT2D eigenvalue weighted by Gasteiger charge is 2.26. The Hall–Kier alpha value is -1.07. The van der Waals surface area contributed by atoms with Crippen LogP contribution in [0, 0.1) is 0 Å². The predicted molar refractivity (Wildman–Crippen MR) is 61.6 cm³/mol. The number of hydrogen-bond acceptors (Lipinski definition) is 4. The van der Waals surface area contributed by atoms with Gasteiger partial charge in [0.15, 0.2) is 0 Å². The van der Waals surface area contributed by atoms with Gasteiger partial charge in [-0.1, -0.05) is 0 Å². The van der Waals surface area contributed by atoms with Crippen molar-refractivity contribution in [1.82, 2.24) is 15.1 Å². The summed E-state index contributed by atoms with van der Waals surface area (Å²) in [5.74, 6) is 0. The van der Waals surface area contributed by atoms with E-state index in [0.717, 1.165) is 39.1 Å². The van der Waals surface area contributed by atoms with E-state index in [-0.39, 0.29) is 0 Å². The van der Waals surface area contributed by atoms with Crippen LogP contribution in [-0.2, 0) is 17.8 Å². The maximum absolute atomic E-state index is 5.40. The van der Waals surface area contributed by atoms with Gasteiger partial charge in [0.25, 0.3) is 0 Å². The summed E-state index contributed by atoms with van der Waals surface area (Å²) >= 11 is 0. The highest BCUT2D eigenvalue weighted by atomic mass is 16.5. The van der Waals surface area contributed by atoms with Gasteiger partial charge in [-0.2, -0.15) is 5.10 Å². The number of nitrogens with zero attached hydrogens (tertiary/aromatic N) is 3. The van der Waals surface area contributed by atoms with Gasteiger partial charge in [0, 0.05) is 33.3 Å². The van der Waals surface area contributed by atoms with Gasteiger partial charge in [-0.3, -0.25) is 4.68 Å². The van der Waals surface area contributed by atoms with E-state index in [0.29, 0.717) is 6.10 Å². The van der Waals surface area contributed by atoms with E-state index in [1.165, 1.54) is 11.4 Å². The molecule has 5 nitrogen and oxygen atoms in total. The Balaban J connectivity index is 1.82. The molecule has 3 rings (SSSR count). The molecule has 0 amide bonds. The van der Waals surface area contributed by atoms with Gasteiger partial charge in [-0.15, -0.1) is 0 Å². The third-order valence-electron chi connectivity index (χ3n) is 3.54. The average Bonchev–Trinajstić information content (AvgIpc) is 2.94. The fourth-order valence-electron chi connectivity index (χ4n) is 2.57. The van der Waals surface area contributed by atoms with Crippen molar-refractivity contribution in [3.05, 3.63) is 11.9 Å². The molecule has 1 fully saturated rings. The lowest BCUT2D eigenvalue weighted by Gasteiger charge is -2.21. The number of ether oxygens (including phenoxy) is 1. The second-order valence-corrected chi connectivity index (χ2v) is 4.47. The normalized spacial score (nSPS) is 24.8. The molecule has 2 aliphatic heterocycles. The fraction of sp³-hybridized carbons (Fsp3) is 0.727. The number of anilines is 1. The van der Waals surface area contributed by atoms with Crippen LogP contribution in [0.25, 0.3) is 0 Å². The molecule has 2 aliphatic rings. The molecule has 1 N–H and O–H groups in total. The minimum Gasteiger partial charge on any atom is -0.380 e. The molecule has 3 heterocycles. The van der Waals surface area contributed by atoms with Gasteiger partial charge in [0.05, 0.1) is 30.2 Å². The zero-order valence-electron chi connectivity index (χ0n) is 9.65. The second-order valence-electron chi connectivity index (χ2n) is 4.47. The summed E-state index contributed by atoms with van der Waals surface area (Å²) in [6.07, 6.45) is 3.50. The van der Waals surface area contributed by atoms with Gasteiger partial charge in [-0.05, 0) is 6.42 Å². The molecule has 1 aromatic heterocycles. The largest absolute Gasteiger partial charge is 0.380 e. The Labute approximate surface area is 95.4 Å². The van der Waals surface area contributed by atoms with Gasteiger partial charge in [0.2, 0.25) is 0 Å². The van der Waals surface area contributed by atoms with Gasteiger partial charge in [-0.25, -0.2) is 0 Å². The maximum atomic E-state index is 5.40. The van der Waals surface area contributed by atoms with E-state index in [9.17, 15) is 0 Å². The Bertz CT molecular complexity index is 376. The van der Waals surface area contributed by atoms with Crippen LogP contribution < -0.4 is 10.2 Å². The first-order chi connectivity index (χ1) is 7.88. The van der Waals surface area contributed by atoms with Crippen molar-refractivity contribution < 1.29 is 4.74 Å². The molecular weight excluding hydrogens is 204 g/mol. The maximum Gasteiger partial charge on any atom is 0.0799 e. The summed E-state index contributed by atoms with van der Waals surface area (Å²) in [5.41, 5.74) is 2.61. The van der Waals surface area contributed by atoms with Crippen molar-refractivity contribution in [3.8, 4) is 0 Å². The first-order valence-corrected chi connectivity index (χ1v) is 5.91. The molecule has 0 bridgehead atoms. The van der Waals surface area contributed by atoms with Crippen LogP contribution in [0.5, 0.6) is 0 Å². The van der Waals surface area contributed by atoms with Crippen LogP contribution >= 0.6 is 0 Å². The van der Waals surface area contributed by atoms with Crippen molar-refractivity contribution in [2.45, 2.75) is 25.6 Å². The fourth-order valence-corrected chi connectivity index (χ4v) is 2.57. The number of aromatic nitrogens is 2. The Morgan fingerprint density at radius 1 is 1.50 bits per heavy atom. The van der Waals surface area contributed by atoms with E-state index in [4.69, 9.17) is 4.74 Å². The Kier molecular flexibility index (Phi) is 2.57. The first kappa shape index (κ1) is 10.1. The number of nitrogens with one attached hydrogen (secondary N) is 1. The van der Waals surface area contributed by atoms with E-state index in [2.05, 4.69) is 20.0 Å². The van der Waals surface area contributed by atoms with E-state index >= 15 is 0 Å². The lowest BCUT2D eigenvalue weighted by atomic mass is 10.3. The standard InChI is InChI=1S/C11H18N4O/c1-16-9-2-4-14(8-9)10-7-13-15-5-3-12-6-11(10)15/h7,9,12H,2-6,8H2,1H3. The van der Waals surface area contributed by atoms with E-state index in [1.54, 1.807) is 7.11 Å². The van der Waals surface area contributed by atoms with Crippen molar-refractivity contribution in [3.63, 3.8) is 0 Å². The topological polar surface area (TPSA) is 42.3 Å². The lowest BCUT2D eigenvalue weighted by molar-refractivity contribution is 0.121. The van der Waals surface area contributed by atoms with Gasteiger partial charge < -0.3 is 15.0 Å². The van der Waals surface area contributed by atoms with Crippen LogP contribution in [0.3, 0.4) is 0 Å². The molecule has 0 radical (unpaired) electrons. The lowest BCUT2D eigenvalue weighted by Crippen LogP contribution is -2.30. The smallest absolute Gasteiger partial charge is 0.0799 e. The number of methoxy groups -OCH3 is 1. The molecule has 1 saturated heterocycles. The van der Waals surface area contributed by atoms with Crippen LogP contribution in [0.4, 0.5) is 5.69 Å². The van der Waals surface area contributed by atoms with Crippen molar-refractivity contribution in [1.29, 1.82) is 0 Å². The van der Waals surface area contributed by atoms with Crippen molar-refractivity contribution in [2.75, 3.05) is 31.6 Å². The molecule has 0 spiro atoms. The Morgan fingerprint density at radius 3 is 3.25 bits per heavy atom. The third-order valence-corrected chi connectivity index (χ3v) is 3.54. The van der Waals surface area contributed by atoms with Crippen LogP contribution in [0.2, 0.25) is 0 Å². The van der Waals surface area contributed by atoms with Crippen LogP contribution in [0.1, 0.15) is 12.1 Å². The molecule has 0 aliphatic carbocycles. The molecular formula is C11H18N4O. The average molecular weight is 222 g/mol. The molecule has 1 unspecified atom stereocenters. The summed E-state index contributed by atoms with van der Waals surface area (Å²) < 4.78 is 7.52. The second kappa shape index (κ2) is 4.07. The monoisotopic (exact) mass is 222 g/mol. The molecule has 0 aromatic carbocycles. The van der Waals surface area contributed by atoms with Crippen molar-refractivity contribution in [2.24, 2.45) is 0 Å². The van der Waals surface area contributed by atoms with Gasteiger partial charge >= 0.3 is 0 Å². The highest BCUT2D eigenvalue weighted by molar-refractivity contribution is 5.51. The predicted octanol–water partition coefficient (Wildman–Crippen LogP) is 0.211. The van der Waals surface area contributed by atoms with Gasteiger partial charge in [0.1, 0.15) is 0 Å². The van der Waals surface area contributed by atoms with Crippen LogP contribution in [0.15, 0.2) is 6.20 Å². The molecule has 1 aromatic rings. The van der Waals surface area contributed by atoms with Crippen molar-refractivity contribution >= 4 is 5.69 Å². The first-order valence-electron chi connectivity index (χ1n) is 5.91. The molecule has 16 heavy (non-hydrogen) atoms. The molecule has 0 saturated carbocycles. The quantitative estimate of drug-likeness (QED) is 0.777. The number of rotatable bonds is 2. The van der Waals surface area contributed by atoms with Crippen LogP contribution in [-0.4, -0.2) is 42.6 Å². The summed E-state index contributed by atoms with van der Waals surface area (Å²) in [7, 11) is 1.79. The SMILES string of the molecule is COC1CCN(c2cnn3c2CNCC3)C1. The zero-order chi connectivity index (χ0) is 11.0. The summed E-state index contributed by atoms with van der Waals surface area (Å²) in [4.78, 5) is 2.39. The number of hydrogen-bond donors (Lipinski definition) is 1. The zero-order valence-corrected chi connectivity index (χ0v) is 9.65. The summed E-state index contributed by atoms with van der Waals surface area (Å²) in [6, 6.07) is 0. The Morgan fingerprint density at radius 2 is 2.44 bits per heavy atom. The van der Waals surface area contributed by atoms with E-state index in [1.807, 2.05) is 6.20 Å². The number of fused-ring (bicyclic) bond motifs is 1. The van der Waals surface area contributed by atoms with E-state index < -0.39 is 0 Å². The third kappa shape index (κ3) is 1.60. The minimum absolute atomic E-state index is 0.382.